The van der Waals surface area contributed by atoms with Crippen LogP contribution in [0.15, 0.2) is 53.0 Å². The van der Waals surface area contributed by atoms with Gasteiger partial charge in [-0.25, -0.2) is 0 Å². The molecule has 1 N–H and O–H groups in total. The summed E-state index contributed by atoms with van der Waals surface area (Å²) in [6.45, 7) is 3.75. The smallest absolute Gasteiger partial charge is 0.220 e. The molecule has 0 spiro atoms. The van der Waals surface area contributed by atoms with Gasteiger partial charge >= 0.3 is 0 Å². The monoisotopic (exact) mass is 442 g/mol. The summed E-state index contributed by atoms with van der Waals surface area (Å²) in [4.78, 5) is 26.9. The third kappa shape index (κ3) is 6.28. The molecule has 1 heterocycles. The van der Waals surface area contributed by atoms with Crippen LogP contribution in [0, 0.1) is 0 Å². The third-order valence-corrected chi connectivity index (χ3v) is 5.71. The van der Waals surface area contributed by atoms with Crippen molar-refractivity contribution in [3.05, 3.63) is 69.7 Å². The second kappa shape index (κ2) is 10.5. The van der Waals surface area contributed by atoms with E-state index >= 15 is 0 Å². The van der Waals surface area contributed by atoms with Gasteiger partial charge in [0.1, 0.15) is 0 Å². The van der Waals surface area contributed by atoms with E-state index in [9.17, 15) is 9.59 Å². The topological polar surface area (TPSA) is 49.4 Å². The molecule has 2 aromatic carbocycles. The maximum absolute atomic E-state index is 12.2. The SMILES string of the molecule is O=C(CCC(=O)c1ccc(Br)cc1)NCc1ccccc1CN1CCCCC1. The summed E-state index contributed by atoms with van der Waals surface area (Å²) in [5.74, 6) is -0.0913. The lowest BCUT2D eigenvalue weighted by Crippen LogP contribution is -2.30. The zero-order chi connectivity index (χ0) is 19.8. The van der Waals surface area contributed by atoms with Crippen LogP contribution in [-0.4, -0.2) is 29.7 Å². The minimum atomic E-state index is -0.0850. The number of hydrogen-bond acceptors (Lipinski definition) is 3. The Balaban J connectivity index is 1.47. The standard InChI is InChI=1S/C23H27BrN2O2/c24-21-10-8-18(9-11-21)22(27)12-13-23(28)25-16-19-6-2-3-7-20(19)17-26-14-4-1-5-15-26/h2-3,6-11H,1,4-5,12-17H2,(H,25,28). The van der Waals surface area contributed by atoms with Gasteiger partial charge in [-0.15, -0.1) is 0 Å². The Labute approximate surface area is 175 Å². The molecule has 0 radical (unpaired) electrons. The molecule has 1 amide bonds. The molecule has 3 rings (SSSR count). The number of rotatable bonds is 8. The Morgan fingerprint density at radius 1 is 0.893 bits per heavy atom. The minimum Gasteiger partial charge on any atom is -0.352 e. The average molecular weight is 443 g/mol. The lowest BCUT2D eigenvalue weighted by Gasteiger charge is -2.27. The van der Waals surface area contributed by atoms with Gasteiger partial charge in [0.05, 0.1) is 0 Å². The van der Waals surface area contributed by atoms with Crippen LogP contribution in [0.4, 0.5) is 0 Å². The van der Waals surface area contributed by atoms with Gasteiger partial charge in [0.15, 0.2) is 5.78 Å². The Morgan fingerprint density at radius 2 is 1.57 bits per heavy atom. The highest BCUT2D eigenvalue weighted by atomic mass is 79.9. The van der Waals surface area contributed by atoms with E-state index in [2.05, 4.69) is 44.3 Å². The molecule has 0 atom stereocenters. The molecule has 2 aromatic rings. The van der Waals surface area contributed by atoms with Crippen LogP contribution in [-0.2, 0) is 17.9 Å². The van der Waals surface area contributed by atoms with Crippen molar-refractivity contribution in [1.82, 2.24) is 10.2 Å². The number of benzene rings is 2. The van der Waals surface area contributed by atoms with Crippen molar-refractivity contribution in [3.63, 3.8) is 0 Å². The van der Waals surface area contributed by atoms with Crippen molar-refractivity contribution in [3.8, 4) is 0 Å². The quantitative estimate of drug-likeness (QED) is 0.601. The molecular formula is C23H27BrN2O2. The minimum absolute atomic E-state index is 0.00634. The van der Waals surface area contributed by atoms with Crippen molar-refractivity contribution < 1.29 is 9.59 Å². The maximum Gasteiger partial charge on any atom is 0.220 e. The molecule has 1 fully saturated rings. The summed E-state index contributed by atoms with van der Waals surface area (Å²) < 4.78 is 0.935. The van der Waals surface area contributed by atoms with Crippen LogP contribution in [0.5, 0.6) is 0 Å². The predicted octanol–water partition coefficient (Wildman–Crippen LogP) is 4.71. The first-order valence-corrected chi connectivity index (χ1v) is 10.8. The largest absolute Gasteiger partial charge is 0.352 e. The molecule has 5 heteroatoms. The fourth-order valence-electron chi connectivity index (χ4n) is 3.53. The summed E-state index contributed by atoms with van der Waals surface area (Å²) in [6.07, 6.45) is 4.30. The van der Waals surface area contributed by atoms with E-state index in [4.69, 9.17) is 0 Å². The average Bonchev–Trinajstić information content (AvgIpc) is 2.72. The van der Waals surface area contributed by atoms with Gasteiger partial charge in [-0.2, -0.15) is 0 Å². The number of nitrogens with one attached hydrogen (secondary N) is 1. The van der Waals surface area contributed by atoms with E-state index in [1.165, 1.54) is 24.8 Å². The second-order valence-electron chi connectivity index (χ2n) is 7.31. The summed E-state index contributed by atoms with van der Waals surface area (Å²) in [5.41, 5.74) is 3.07. The lowest BCUT2D eigenvalue weighted by atomic mass is 10.0. The highest BCUT2D eigenvalue weighted by Crippen LogP contribution is 2.16. The first-order valence-electron chi connectivity index (χ1n) is 9.96. The van der Waals surface area contributed by atoms with Crippen molar-refractivity contribution in [1.29, 1.82) is 0 Å². The number of likely N-dealkylation sites (tertiary alicyclic amines) is 1. The van der Waals surface area contributed by atoms with E-state index in [1.807, 2.05) is 18.2 Å². The van der Waals surface area contributed by atoms with Crippen LogP contribution in [0.1, 0.15) is 53.6 Å². The van der Waals surface area contributed by atoms with Gasteiger partial charge in [-0.05, 0) is 49.2 Å². The van der Waals surface area contributed by atoms with Crippen LogP contribution >= 0.6 is 15.9 Å². The van der Waals surface area contributed by atoms with Gasteiger partial charge in [-0.1, -0.05) is 58.7 Å². The van der Waals surface area contributed by atoms with Crippen molar-refractivity contribution in [2.75, 3.05) is 13.1 Å². The fourth-order valence-corrected chi connectivity index (χ4v) is 3.80. The van der Waals surface area contributed by atoms with Gasteiger partial charge in [0, 0.05) is 36.0 Å². The number of carbonyl (C=O) groups is 2. The van der Waals surface area contributed by atoms with Crippen molar-refractivity contribution in [2.24, 2.45) is 0 Å². The summed E-state index contributed by atoms with van der Waals surface area (Å²) >= 11 is 3.36. The number of piperidine rings is 1. The van der Waals surface area contributed by atoms with E-state index in [0.29, 0.717) is 12.1 Å². The number of halogens is 1. The molecule has 1 aliphatic rings. The molecule has 1 saturated heterocycles. The van der Waals surface area contributed by atoms with Gasteiger partial charge in [0.25, 0.3) is 0 Å². The van der Waals surface area contributed by atoms with Crippen LogP contribution < -0.4 is 5.32 Å². The first kappa shape index (κ1) is 20.7. The summed E-state index contributed by atoms with van der Waals surface area (Å²) in [5, 5.41) is 2.98. The normalized spacial score (nSPS) is 14.6. The van der Waals surface area contributed by atoms with Crippen LogP contribution in [0.25, 0.3) is 0 Å². The number of hydrogen-bond donors (Lipinski definition) is 1. The Bertz CT molecular complexity index is 799. The molecule has 0 unspecified atom stereocenters. The number of Topliss-reactive ketones (excluding diaryl/α,β-unsaturated/α-hetero) is 1. The highest BCUT2D eigenvalue weighted by Gasteiger charge is 2.13. The van der Waals surface area contributed by atoms with E-state index < -0.39 is 0 Å². The zero-order valence-corrected chi connectivity index (χ0v) is 17.7. The number of nitrogens with zero attached hydrogens (tertiary/aromatic N) is 1. The molecule has 0 aliphatic carbocycles. The Kier molecular flexibility index (Phi) is 7.80. The van der Waals surface area contributed by atoms with Gasteiger partial charge in [-0.3, -0.25) is 14.5 Å². The number of amides is 1. The lowest BCUT2D eigenvalue weighted by molar-refractivity contribution is -0.121. The molecule has 4 nitrogen and oxygen atoms in total. The first-order chi connectivity index (χ1) is 13.6. The predicted molar refractivity (Wildman–Crippen MR) is 115 cm³/mol. The third-order valence-electron chi connectivity index (χ3n) is 5.18. The summed E-state index contributed by atoms with van der Waals surface area (Å²) in [7, 11) is 0. The molecule has 0 aromatic heterocycles. The van der Waals surface area contributed by atoms with Crippen LogP contribution in [0.2, 0.25) is 0 Å². The van der Waals surface area contributed by atoms with E-state index in [0.717, 1.165) is 29.7 Å². The molecule has 0 bridgehead atoms. The zero-order valence-electron chi connectivity index (χ0n) is 16.1. The highest BCUT2D eigenvalue weighted by molar-refractivity contribution is 9.10. The molecule has 28 heavy (non-hydrogen) atoms. The fraction of sp³-hybridized carbons (Fsp3) is 0.391. The maximum atomic E-state index is 12.2. The molecular weight excluding hydrogens is 416 g/mol. The summed E-state index contributed by atoms with van der Waals surface area (Å²) in [6, 6.07) is 15.5. The molecule has 1 aliphatic heterocycles. The van der Waals surface area contributed by atoms with E-state index in [-0.39, 0.29) is 24.5 Å². The Hall–Kier alpha value is -1.98. The number of ketones is 1. The molecule has 0 saturated carbocycles. The van der Waals surface area contributed by atoms with Crippen molar-refractivity contribution >= 4 is 27.6 Å². The van der Waals surface area contributed by atoms with Crippen molar-refractivity contribution in [2.45, 2.75) is 45.2 Å². The molecule has 148 valence electrons. The van der Waals surface area contributed by atoms with E-state index in [1.54, 1.807) is 12.1 Å². The van der Waals surface area contributed by atoms with Gasteiger partial charge in [0.2, 0.25) is 5.91 Å². The second-order valence-corrected chi connectivity index (χ2v) is 8.23. The number of carbonyl (C=O) groups excluding carboxylic acids is 2. The van der Waals surface area contributed by atoms with Gasteiger partial charge < -0.3 is 5.32 Å². The van der Waals surface area contributed by atoms with Crippen LogP contribution in [0.3, 0.4) is 0 Å². The Morgan fingerprint density at radius 3 is 2.29 bits per heavy atom.